The van der Waals surface area contributed by atoms with Gasteiger partial charge in [0.15, 0.2) is 0 Å². The lowest BCUT2D eigenvalue weighted by molar-refractivity contribution is -0.149. The van der Waals surface area contributed by atoms with Crippen LogP contribution in [0.25, 0.3) is 0 Å². The van der Waals surface area contributed by atoms with Crippen LogP contribution in [0.2, 0.25) is 0 Å². The highest BCUT2D eigenvalue weighted by Gasteiger charge is 2.40. The summed E-state index contributed by atoms with van der Waals surface area (Å²) in [7, 11) is 3.37. The number of rotatable bonds is 5. The molecule has 4 atom stereocenters. The van der Waals surface area contributed by atoms with Crippen molar-refractivity contribution in [2.24, 2.45) is 29.6 Å². The second-order valence-corrected chi connectivity index (χ2v) is 6.93. The maximum absolute atomic E-state index is 11.9. The van der Waals surface area contributed by atoms with E-state index in [2.05, 4.69) is 20.8 Å². The molecule has 1 aliphatic rings. The predicted molar refractivity (Wildman–Crippen MR) is 79.3 cm³/mol. The molecule has 1 rings (SSSR count). The van der Waals surface area contributed by atoms with Gasteiger partial charge in [0, 0.05) is 20.5 Å². The van der Waals surface area contributed by atoms with Crippen LogP contribution in [-0.2, 0) is 9.59 Å². The number of hydrogen-bond acceptors (Lipinski definition) is 2. The largest absolute Gasteiger partial charge is 0.481 e. The SMILES string of the molecule is CC1CCC(C(C)C)C(C(CC(=O)N(C)C)C(=O)O)C1. The number of carboxylic acid groups (broad SMARTS) is 1. The van der Waals surface area contributed by atoms with E-state index < -0.39 is 11.9 Å². The summed E-state index contributed by atoms with van der Waals surface area (Å²) in [6, 6.07) is 0. The average Bonchev–Trinajstić information content (AvgIpc) is 2.34. The van der Waals surface area contributed by atoms with Gasteiger partial charge >= 0.3 is 5.97 Å². The van der Waals surface area contributed by atoms with Gasteiger partial charge < -0.3 is 10.0 Å². The molecular weight excluding hydrogens is 254 g/mol. The maximum atomic E-state index is 11.9. The van der Waals surface area contributed by atoms with Crippen molar-refractivity contribution in [3.8, 4) is 0 Å². The molecular formula is C16H29NO3. The third-order valence-electron chi connectivity index (χ3n) is 4.80. The Hall–Kier alpha value is -1.06. The van der Waals surface area contributed by atoms with Crippen LogP contribution >= 0.6 is 0 Å². The standard InChI is InChI=1S/C16H29NO3/c1-10(2)12-7-6-11(3)8-13(12)14(16(19)20)9-15(18)17(4)5/h10-14H,6-9H2,1-5H3,(H,19,20). The van der Waals surface area contributed by atoms with Gasteiger partial charge in [0.05, 0.1) is 5.92 Å². The summed E-state index contributed by atoms with van der Waals surface area (Å²) in [6.45, 7) is 6.52. The Morgan fingerprint density at radius 2 is 1.80 bits per heavy atom. The number of carboxylic acids is 1. The molecule has 1 N–H and O–H groups in total. The predicted octanol–water partition coefficient (Wildman–Crippen LogP) is 2.87. The Kier molecular flexibility index (Phi) is 6.03. The summed E-state index contributed by atoms with van der Waals surface area (Å²) in [5.74, 6) is 0.140. The molecule has 1 aliphatic carbocycles. The number of nitrogens with zero attached hydrogens (tertiary/aromatic N) is 1. The van der Waals surface area contributed by atoms with Crippen molar-refractivity contribution >= 4 is 11.9 Å². The van der Waals surface area contributed by atoms with E-state index in [1.807, 2.05) is 0 Å². The van der Waals surface area contributed by atoms with Crippen LogP contribution in [0, 0.1) is 29.6 Å². The number of carbonyl (C=O) groups excluding carboxylic acids is 1. The summed E-state index contributed by atoms with van der Waals surface area (Å²) in [4.78, 5) is 25.1. The van der Waals surface area contributed by atoms with E-state index in [1.165, 1.54) is 11.3 Å². The van der Waals surface area contributed by atoms with Crippen molar-refractivity contribution in [1.29, 1.82) is 0 Å². The number of carbonyl (C=O) groups is 2. The summed E-state index contributed by atoms with van der Waals surface area (Å²) < 4.78 is 0. The molecule has 0 bridgehead atoms. The first-order valence-electron chi connectivity index (χ1n) is 7.67. The Labute approximate surface area is 122 Å². The van der Waals surface area contributed by atoms with E-state index in [0.717, 1.165) is 12.8 Å². The second kappa shape index (κ2) is 7.09. The molecule has 0 saturated heterocycles. The smallest absolute Gasteiger partial charge is 0.307 e. The lowest BCUT2D eigenvalue weighted by Gasteiger charge is -2.40. The van der Waals surface area contributed by atoms with Crippen LogP contribution < -0.4 is 0 Å². The molecule has 0 aromatic heterocycles. The second-order valence-electron chi connectivity index (χ2n) is 6.93. The van der Waals surface area contributed by atoms with E-state index in [0.29, 0.717) is 17.8 Å². The van der Waals surface area contributed by atoms with Crippen molar-refractivity contribution in [2.45, 2.75) is 46.5 Å². The van der Waals surface area contributed by atoms with Gasteiger partial charge in [-0.2, -0.15) is 0 Å². The molecule has 4 nitrogen and oxygen atoms in total. The summed E-state index contributed by atoms with van der Waals surface area (Å²) in [5, 5.41) is 9.57. The quantitative estimate of drug-likeness (QED) is 0.844. The third-order valence-corrected chi connectivity index (χ3v) is 4.80. The number of hydrogen-bond donors (Lipinski definition) is 1. The number of amides is 1. The fraction of sp³-hybridized carbons (Fsp3) is 0.875. The molecule has 0 heterocycles. The normalized spacial score (nSPS) is 28.2. The highest BCUT2D eigenvalue weighted by molar-refractivity contribution is 5.82. The van der Waals surface area contributed by atoms with Gasteiger partial charge in [-0.15, -0.1) is 0 Å². The van der Waals surface area contributed by atoms with Crippen LogP contribution in [0.3, 0.4) is 0 Å². The van der Waals surface area contributed by atoms with Crippen molar-refractivity contribution in [3.05, 3.63) is 0 Å². The molecule has 0 aromatic rings. The molecule has 20 heavy (non-hydrogen) atoms. The van der Waals surface area contributed by atoms with Gasteiger partial charge in [-0.3, -0.25) is 9.59 Å². The minimum atomic E-state index is -0.815. The first-order valence-corrected chi connectivity index (χ1v) is 7.67. The monoisotopic (exact) mass is 283 g/mol. The average molecular weight is 283 g/mol. The van der Waals surface area contributed by atoms with E-state index in [-0.39, 0.29) is 18.2 Å². The Morgan fingerprint density at radius 1 is 1.20 bits per heavy atom. The fourth-order valence-electron chi connectivity index (χ4n) is 3.53. The van der Waals surface area contributed by atoms with Crippen LogP contribution in [0.15, 0.2) is 0 Å². The molecule has 0 aromatic carbocycles. The molecule has 116 valence electrons. The third kappa shape index (κ3) is 4.22. The Balaban J connectivity index is 2.91. The Morgan fingerprint density at radius 3 is 2.25 bits per heavy atom. The van der Waals surface area contributed by atoms with Crippen LogP contribution in [0.5, 0.6) is 0 Å². The lowest BCUT2D eigenvalue weighted by atomic mass is 9.64. The van der Waals surface area contributed by atoms with Gasteiger partial charge in [0.2, 0.25) is 5.91 Å². The molecule has 1 saturated carbocycles. The highest BCUT2D eigenvalue weighted by atomic mass is 16.4. The van der Waals surface area contributed by atoms with Gasteiger partial charge in [-0.1, -0.05) is 27.2 Å². The zero-order valence-electron chi connectivity index (χ0n) is 13.4. The van der Waals surface area contributed by atoms with E-state index in [4.69, 9.17) is 0 Å². The van der Waals surface area contributed by atoms with Crippen LogP contribution in [-0.4, -0.2) is 36.0 Å². The molecule has 4 unspecified atom stereocenters. The fourth-order valence-corrected chi connectivity index (χ4v) is 3.53. The summed E-state index contributed by atoms with van der Waals surface area (Å²) >= 11 is 0. The topological polar surface area (TPSA) is 57.6 Å². The molecule has 1 amide bonds. The summed E-state index contributed by atoms with van der Waals surface area (Å²) in [5.41, 5.74) is 0. The van der Waals surface area contributed by atoms with E-state index in [1.54, 1.807) is 14.1 Å². The van der Waals surface area contributed by atoms with Gasteiger partial charge in [-0.05, 0) is 36.5 Å². The first kappa shape index (κ1) is 17.0. The Bertz CT molecular complexity index is 352. The van der Waals surface area contributed by atoms with Crippen molar-refractivity contribution < 1.29 is 14.7 Å². The van der Waals surface area contributed by atoms with E-state index >= 15 is 0 Å². The summed E-state index contributed by atoms with van der Waals surface area (Å²) in [6.07, 6.45) is 3.32. The highest BCUT2D eigenvalue weighted by Crippen LogP contribution is 2.43. The minimum Gasteiger partial charge on any atom is -0.481 e. The molecule has 0 aliphatic heterocycles. The lowest BCUT2D eigenvalue weighted by Crippen LogP contribution is -2.39. The van der Waals surface area contributed by atoms with Gasteiger partial charge in [-0.25, -0.2) is 0 Å². The van der Waals surface area contributed by atoms with Crippen molar-refractivity contribution in [3.63, 3.8) is 0 Å². The molecule has 0 spiro atoms. The van der Waals surface area contributed by atoms with Crippen LogP contribution in [0.4, 0.5) is 0 Å². The van der Waals surface area contributed by atoms with Crippen molar-refractivity contribution in [2.75, 3.05) is 14.1 Å². The molecule has 4 heteroatoms. The van der Waals surface area contributed by atoms with Gasteiger partial charge in [0.1, 0.15) is 0 Å². The van der Waals surface area contributed by atoms with Crippen LogP contribution in [0.1, 0.15) is 46.5 Å². The first-order chi connectivity index (χ1) is 9.23. The van der Waals surface area contributed by atoms with Gasteiger partial charge in [0.25, 0.3) is 0 Å². The molecule has 1 fully saturated rings. The van der Waals surface area contributed by atoms with Crippen molar-refractivity contribution in [1.82, 2.24) is 4.90 Å². The molecule has 0 radical (unpaired) electrons. The zero-order valence-corrected chi connectivity index (χ0v) is 13.4. The number of aliphatic carboxylic acids is 1. The maximum Gasteiger partial charge on any atom is 0.307 e. The van der Waals surface area contributed by atoms with E-state index in [9.17, 15) is 14.7 Å². The zero-order chi connectivity index (χ0) is 15.4. The minimum absolute atomic E-state index is 0.0851.